The highest BCUT2D eigenvalue weighted by Gasteiger charge is 2.31. The minimum atomic E-state index is 0.538. The Bertz CT molecular complexity index is 971. The number of halogens is 2. The van der Waals surface area contributed by atoms with Crippen LogP contribution in [0.25, 0.3) is 11.3 Å². The van der Waals surface area contributed by atoms with Crippen molar-refractivity contribution >= 4 is 29.2 Å². The van der Waals surface area contributed by atoms with Crippen molar-refractivity contribution in [3.63, 3.8) is 0 Å². The second-order valence-electron chi connectivity index (χ2n) is 6.00. The van der Waals surface area contributed by atoms with Crippen molar-refractivity contribution in [2.24, 2.45) is 0 Å². The second-order valence-corrected chi connectivity index (χ2v) is 6.70. The molecule has 0 atom stereocenters. The zero-order valence-electron chi connectivity index (χ0n) is 14.3. The van der Waals surface area contributed by atoms with Crippen LogP contribution >= 0.6 is 23.4 Å². The highest BCUT2D eigenvalue weighted by Crippen LogP contribution is 2.49. The number of benzene rings is 2. The Morgan fingerprint density at radius 2 is 1.92 bits per heavy atom. The maximum Gasteiger partial charge on any atom is 0.179 e. The molecule has 26 heavy (non-hydrogen) atoms. The lowest BCUT2D eigenvalue weighted by Gasteiger charge is -2.13. The van der Waals surface area contributed by atoms with Crippen LogP contribution in [-0.4, -0.2) is 23.5 Å². The largest absolute Gasteiger partial charge is 0.493 e. The van der Waals surface area contributed by atoms with E-state index in [1.807, 2.05) is 24.3 Å². The van der Waals surface area contributed by atoms with E-state index in [1.54, 1.807) is 14.2 Å². The summed E-state index contributed by atoms with van der Waals surface area (Å²) < 4.78 is 12.2. The molecule has 1 heterocycles. The highest BCUT2D eigenvalue weighted by molar-refractivity contribution is 6.33. The first kappa shape index (κ1) is 17.1. The first-order chi connectivity index (χ1) is 12.6. The number of hydrogen-bond donors (Lipinski definition) is 1. The molecule has 0 fully saturated rings. The number of fused-ring (bicyclic) bond motifs is 3. The molecule has 0 bridgehead atoms. The lowest BCUT2D eigenvalue weighted by atomic mass is 10.1. The monoisotopic (exact) mass is 389 g/mol. The first-order valence-electron chi connectivity index (χ1n) is 8.13. The third-order valence-corrected chi connectivity index (χ3v) is 5.21. The number of methoxy groups -OCH3 is 2. The van der Waals surface area contributed by atoms with Gasteiger partial charge in [0.25, 0.3) is 0 Å². The Balaban J connectivity index is 1.71. The Morgan fingerprint density at radius 3 is 2.62 bits per heavy atom. The Labute approximate surface area is 161 Å². The van der Waals surface area contributed by atoms with Gasteiger partial charge in [0.2, 0.25) is 0 Å². The summed E-state index contributed by atoms with van der Waals surface area (Å²) in [6.07, 6.45) is 0.633. The number of nitrogens with one attached hydrogen (secondary N) is 1. The molecule has 3 aromatic rings. The molecule has 1 aliphatic carbocycles. The standard InChI is InChI=1S/C19H17Cl2N3O2/c1-25-15-9-13-12(16(20)18(15)26-2)8-14-17(13)23-24(21)19(14)22-10-11-6-4-3-5-7-11/h3-7,9,22H,8,10H2,1-2H3. The van der Waals surface area contributed by atoms with Crippen LogP contribution in [0.4, 0.5) is 5.82 Å². The number of aromatic nitrogens is 2. The molecule has 1 N–H and O–H groups in total. The molecule has 7 heteroatoms. The average molecular weight is 390 g/mol. The van der Waals surface area contributed by atoms with E-state index >= 15 is 0 Å². The molecular weight excluding hydrogens is 373 g/mol. The normalized spacial score (nSPS) is 11.8. The molecule has 0 aliphatic heterocycles. The summed E-state index contributed by atoms with van der Waals surface area (Å²) in [5.74, 6) is 1.89. The molecule has 1 aromatic heterocycles. The summed E-state index contributed by atoms with van der Waals surface area (Å²) in [6.45, 7) is 0.655. The van der Waals surface area contributed by atoms with E-state index in [2.05, 4.69) is 22.5 Å². The van der Waals surface area contributed by atoms with Crippen LogP contribution in [0.5, 0.6) is 11.5 Å². The van der Waals surface area contributed by atoms with E-state index in [9.17, 15) is 0 Å². The lowest BCUT2D eigenvalue weighted by molar-refractivity contribution is 0.355. The maximum absolute atomic E-state index is 6.56. The van der Waals surface area contributed by atoms with E-state index in [0.29, 0.717) is 29.5 Å². The van der Waals surface area contributed by atoms with Gasteiger partial charge in [-0.25, -0.2) is 0 Å². The third kappa shape index (κ3) is 2.68. The van der Waals surface area contributed by atoms with Crippen LogP contribution in [0, 0.1) is 0 Å². The van der Waals surface area contributed by atoms with Crippen molar-refractivity contribution in [3.05, 3.63) is 58.1 Å². The SMILES string of the molecule is COc1cc2c(c(Cl)c1OC)Cc1c-2nn(Cl)c1NCc1ccccc1. The van der Waals surface area contributed by atoms with Gasteiger partial charge in [0.15, 0.2) is 11.5 Å². The Morgan fingerprint density at radius 1 is 1.15 bits per heavy atom. The molecule has 1 aliphatic rings. The molecule has 4 rings (SSSR count). The van der Waals surface area contributed by atoms with E-state index in [-0.39, 0.29) is 0 Å². The van der Waals surface area contributed by atoms with Gasteiger partial charge in [-0.15, -0.1) is 0 Å². The molecule has 0 amide bonds. The van der Waals surface area contributed by atoms with Crippen LogP contribution < -0.4 is 14.8 Å². The summed E-state index contributed by atoms with van der Waals surface area (Å²) in [4.78, 5) is 0. The van der Waals surface area contributed by atoms with Gasteiger partial charge in [-0.1, -0.05) is 41.9 Å². The summed E-state index contributed by atoms with van der Waals surface area (Å²) in [6, 6.07) is 12.0. The topological polar surface area (TPSA) is 48.3 Å². The smallest absolute Gasteiger partial charge is 0.179 e. The van der Waals surface area contributed by atoms with Crippen molar-refractivity contribution in [1.29, 1.82) is 0 Å². The minimum Gasteiger partial charge on any atom is -0.493 e. The summed E-state index contributed by atoms with van der Waals surface area (Å²) in [5, 5.41) is 8.42. The fourth-order valence-electron chi connectivity index (χ4n) is 3.31. The number of nitrogens with zero attached hydrogens (tertiary/aromatic N) is 2. The molecule has 5 nitrogen and oxygen atoms in total. The van der Waals surface area contributed by atoms with Gasteiger partial charge in [-0.2, -0.15) is 9.30 Å². The Kier molecular flexibility index (Phi) is 4.42. The van der Waals surface area contributed by atoms with Crippen molar-refractivity contribution in [3.8, 4) is 22.8 Å². The van der Waals surface area contributed by atoms with Gasteiger partial charge in [0.05, 0.1) is 19.2 Å². The van der Waals surface area contributed by atoms with Crippen molar-refractivity contribution in [1.82, 2.24) is 9.30 Å². The maximum atomic E-state index is 6.56. The van der Waals surface area contributed by atoms with Gasteiger partial charge < -0.3 is 14.8 Å². The van der Waals surface area contributed by atoms with Crippen LogP contribution in [0.2, 0.25) is 5.02 Å². The molecule has 0 spiro atoms. The number of rotatable bonds is 5. The van der Waals surface area contributed by atoms with Crippen molar-refractivity contribution in [2.75, 3.05) is 19.5 Å². The average Bonchev–Trinajstić information content (AvgIpc) is 3.16. The zero-order chi connectivity index (χ0) is 18.3. The van der Waals surface area contributed by atoms with Crippen LogP contribution in [-0.2, 0) is 13.0 Å². The van der Waals surface area contributed by atoms with E-state index in [0.717, 1.165) is 33.8 Å². The van der Waals surface area contributed by atoms with E-state index in [4.69, 9.17) is 32.9 Å². The van der Waals surface area contributed by atoms with E-state index < -0.39 is 0 Å². The number of hydrogen-bond acceptors (Lipinski definition) is 4. The zero-order valence-corrected chi connectivity index (χ0v) is 15.9. The minimum absolute atomic E-state index is 0.538. The van der Waals surface area contributed by atoms with Crippen LogP contribution in [0.15, 0.2) is 36.4 Å². The molecule has 134 valence electrons. The molecule has 0 unspecified atom stereocenters. The quantitative estimate of drug-likeness (QED) is 0.535. The molecular formula is C19H17Cl2N3O2. The molecule has 0 radical (unpaired) electrons. The van der Waals surface area contributed by atoms with Crippen LogP contribution in [0.3, 0.4) is 0 Å². The predicted octanol–water partition coefficient (Wildman–Crippen LogP) is 4.74. The van der Waals surface area contributed by atoms with Crippen LogP contribution in [0.1, 0.15) is 16.7 Å². The third-order valence-electron chi connectivity index (χ3n) is 4.57. The Hall–Kier alpha value is -2.37. The van der Waals surface area contributed by atoms with Gasteiger partial charge >= 0.3 is 0 Å². The predicted molar refractivity (Wildman–Crippen MR) is 104 cm³/mol. The highest BCUT2D eigenvalue weighted by atomic mass is 35.5. The van der Waals surface area contributed by atoms with Gasteiger partial charge in [-0.05, 0) is 17.2 Å². The summed E-state index contributed by atoms with van der Waals surface area (Å²) in [7, 11) is 3.17. The molecule has 2 aromatic carbocycles. The van der Waals surface area contributed by atoms with Crippen molar-refractivity contribution < 1.29 is 9.47 Å². The van der Waals surface area contributed by atoms with Gasteiger partial charge in [0.1, 0.15) is 11.5 Å². The second kappa shape index (κ2) is 6.74. The van der Waals surface area contributed by atoms with Gasteiger partial charge in [-0.3, -0.25) is 0 Å². The van der Waals surface area contributed by atoms with E-state index in [1.165, 1.54) is 4.20 Å². The fourth-order valence-corrected chi connectivity index (χ4v) is 3.89. The van der Waals surface area contributed by atoms with Gasteiger partial charge in [0, 0.05) is 35.9 Å². The summed E-state index contributed by atoms with van der Waals surface area (Å²) in [5.41, 5.74) is 4.89. The lowest BCUT2D eigenvalue weighted by Crippen LogP contribution is -2.04. The number of anilines is 1. The molecule has 0 saturated heterocycles. The fraction of sp³-hybridized carbons (Fsp3) is 0.211. The first-order valence-corrected chi connectivity index (χ1v) is 8.85. The van der Waals surface area contributed by atoms with Crippen molar-refractivity contribution in [2.45, 2.75) is 13.0 Å². The molecule has 0 saturated carbocycles. The summed E-state index contributed by atoms with van der Waals surface area (Å²) >= 11 is 12.9. The number of ether oxygens (including phenoxy) is 2.